The van der Waals surface area contributed by atoms with Gasteiger partial charge in [-0.05, 0) is 25.1 Å². The molecule has 0 spiro atoms. The largest absolute Gasteiger partial charge is 0.493 e. The molecule has 0 aromatic heterocycles. The highest BCUT2D eigenvalue weighted by Crippen LogP contribution is 2.27. The predicted molar refractivity (Wildman–Crippen MR) is 73.7 cm³/mol. The van der Waals surface area contributed by atoms with Gasteiger partial charge in [0.05, 0.1) is 13.2 Å². The zero-order valence-electron chi connectivity index (χ0n) is 11.0. The third-order valence-electron chi connectivity index (χ3n) is 2.42. The van der Waals surface area contributed by atoms with E-state index in [0.29, 0.717) is 12.2 Å². The van der Waals surface area contributed by atoms with E-state index in [9.17, 15) is 13.2 Å². The lowest BCUT2D eigenvalue weighted by Crippen LogP contribution is -2.18. The maximum absolute atomic E-state index is 11.8. The number of benzene rings is 1. The fourth-order valence-corrected chi connectivity index (χ4v) is 1.92. The SMILES string of the molecule is C[C@H](N)c1cc(Br)ccc1OCCCOCC(F)(F)F. The van der Waals surface area contributed by atoms with E-state index in [-0.39, 0.29) is 19.3 Å². The smallest absolute Gasteiger partial charge is 0.411 e. The molecule has 2 N–H and O–H groups in total. The van der Waals surface area contributed by atoms with Crippen LogP contribution in [0.5, 0.6) is 5.75 Å². The quantitative estimate of drug-likeness (QED) is 0.756. The average molecular weight is 356 g/mol. The van der Waals surface area contributed by atoms with E-state index in [4.69, 9.17) is 10.5 Å². The Balaban J connectivity index is 2.35. The molecule has 0 aliphatic heterocycles. The van der Waals surface area contributed by atoms with Crippen molar-refractivity contribution < 1.29 is 22.6 Å². The molecule has 7 heteroatoms. The van der Waals surface area contributed by atoms with Gasteiger partial charge in [0.25, 0.3) is 0 Å². The summed E-state index contributed by atoms with van der Waals surface area (Å²) in [5, 5.41) is 0. The maximum atomic E-state index is 11.8. The summed E-state index contributed by atoms with van der Waals surface area (Å²) in [4.78, 5) is 0. The summed E-state index contributed by atoms with van der Waals surface area (Å²) >= 11 is 3.35. The summed E-state index contributed by atoms with van der Waals surface area (Å²) in [6.45, 7) is 0.889. The number of hydrogen-bond acceptors (Lipinski definition) is 3. The summed E-state index contributed by atoms with van der Waals surface area (Å²) in [5.74, 6) is 0.638. The Morgan fingerprint density at radius 1 is 1.30 bits per heavy atom. The molecular formula is C13H17BrF3NO2. The summed E-state index contributed by atoms with van der Waals surface area (Å²) in [6, 6.07) is 5.27. The lowest BCUT2D eigenvalue weighted by molar-refractivity contribution is -0.174. The van der Waals surface area contributed by atoms with Gasteiger partial charge in [-0.15, -0.1) is 0 Å². The first kappa shape index (κ1) is 17.3. The van der Waals surface area contributed by atoms with Crippen molar-refractivity contribution in [2.45, 2.75) is 25.6 Å². The van der Waals surface area contributed by atoms with Gasteiger partial charge in [0.15, 0.2) is 0 Å². The van der Waals surface area contributed by atoms with Crippen LogP contribution in [0.2, 0.25) is 0 Å². The fraction of sp³-hybridized carbons (Fsp3) is 0.538. The van der Waals surface area contributed by atoms with Gasteiger partial charge in [0, 0.05) is 22.5 Å². The van der Waals surface area contributed by atoms with Crippen LogP contribution in [0.1, 0.15) is 24.9 Å². The van der Waals surface area contributed by atoms with Crippen molar-refractivity contribution >= 4 is 15.9 Å². The van der Waals surface area contributed by atoms with Gasteiger partial charge in [-0.25, -0.2) is 0 Å². The van der Waals surface area contributed by atoms with Gasteiger partial charge in [0.1, 0.15) is 12.4 Å². The van der Waals surface area contributed by atoms with Crippen LogP contribution < -0.4 is 10.5 Å². The van der Waals surface area contributed by atoms with Crippen LogP contribution in [0, 0.1) is 0 Å². The monoisotopic (exact) mass is 355 g/mol. The molecule has 0 heterocycles. The van der Waals surface area contributed by atoms with Crippen molar-refractivity contribution in [1.29, 1.82) is 0 Å². The van der Waals surface area contributed by atoms with E-state index < -0.39 is 12.8 Å². The molecule has 0 amide bonds. The van der Waals surface area contributed by atoms with Gasteiger partial charge in [-0.3, -0.25) is 0 Å². The van der Waals surface area contributed by atoms with Crippen LogP contribution in [0.3, 0.4) is 0 Å². The van der Waals surface area contributed by atoms with Gasteiger partial charge in [0.2, 0.25) is 0 Å². The van der Waals surface area contributed by atoms with Gasteiger partial charge < -0.3 is 15.2 Å². The second-order valence-electron chi connectivity index (χ2n) is 4.34. The summed E-state index contributed by atoms with van der Waals surface area (Å²) in [6.07, 6.45) is -3.90. The van der Waals surface area contributed by atoms with Crippen molar-refractivity contribution in [1.82, 2.24) is 0 Å². The molecule has 20 heavy (non-hydrogen) atoms. The molecule has 1 aromatic rings. The minimum absolute atomic E-state index is 0.00352. The molecule has 0 saturated heterocycles. The highest BCUT2D eigenvalue weighted by atomic mass is 79.9. The zero-order valence-corrected chi connectivity index (χ0v) is 12.6. The molecule has 0 unspecified atom stereocenters. The normalized spacial score (nSPS) is 13.3. The van der Waals surface area contributed by atoms with Crippen molar-refractivity contribution in [3.8, 4) is 5.75 Å². The molecule has 0 bridgehead atoms. The van der Waals surface area contributed by atoms with Crippen LogP contribution in [0.15, 0.2) is 22.7 Å². The lowest BCUT2D eigenvalue weighted by Gasteiger charge is -2.14. The van der Waals surface area contributed by atoms with Gasteiger partial charge in [-0.2, -0.15) is 13.2 Å². The maximum Gasteiger partial charge on any atom is 0.411 e. The van der Waals surface area contributed by atoms with E-state index in [1.165, 1.54) is 0 Å². The van der Waals surface area contributed by atoms with Gasteiger partial charge >= 0.3 is 6.18 Å². The Morgan fingerprint density at radius 2 is 2.00 bits per heavy atom. The van der Waals surface area contributed by atoms with Crippen LogP contribution in [-0.2, 0) is 4.74 Å². The molecule has 0 aliphatic rings. The third kappa shape index (κ3) is 6.58. The molecule has 0 fully saturated rings. The van der Waals surface area contributed by atoms with E-state index in [1.54, 1.807) is 6.07 Å². The van der Waals surface area contributed by atoms with Gasteiger partial charge in [-0.1, -0.05) is 15.9 Å². The minimum Gasteiger partial charge on any atom is -0.493 e. The van der Waals surface area contributed by atoms with Crippen LogP contribution in [0.25, 0.3) is 0 Å². The standard InChI is InChI=1S/C13H17BrF3NO2/c1-9(18)11-7-10(14)3-4-12(11)20-6-2-5-19-8-13(15,16)17/h3-4,7,9H,2,5-6,8,18H2,1H3/t9-/m0/s1. The zero-order chi connectivity index (χ0) is 15.2. The first-order valence-electron chi connectivity index (χ1n) is 6.12. The summed E-state index contributed by atoms with van der Waals surface area (Å²) < 4.78 is 46.4. The number of rotatable bonds is 7. The highest BCUT2D eigenvalue weighted by molar-refractivity contribution is 9.10. The van der Waals surface area contributed by atoms with E-state index in [2.05, 4.69) is 20.7 Å². The van der Waals surface area contributed by atoms with Crippen molar-refractivity contribution in [3.05, 3.63) is 28.2 Å². The number of alkyl halides is 3. The van der Waals surface area contributed by atoms with E-state index in [0.717, 1.165) is 10.0 Å². The topological polar surface area (TPSA) is 44.5 Å². The molecule has 1 aromatic carbocycles. The minimum atomic E-state index is -4.28. The second kappa shape index (κ2) is 7.85. The Labute approximate surface area is 124 Å². The van der Waals surface area contributed by atoms with Crippen molar-refractivity contribution in [3.63, 3.8) is 0 Å². The molecule has 1 atom stereocenters. The van der Waals surface area contributed by atoms with Crippen LogP contribution >= 0.6 is 15.9 Å². The Morgan fingerprint density at radius 3 is 2.60 bits per heavy atom. The van der Waals surface area contributed by atoms with Crippen LogP contribution in [-0.4, -0.2) is 26.0 Å². The number of ether oxygens (including phenoxy) is 2. The number of nitrogens with two attached hydrogens (primary N) is 1. The first-order valence-corrected chi connectivity index (χ1v) is 6.91. The molecule has 114 valence electrons. The highest BCUT2D eigenvalue weighted by Gasteiger charge is 2.27. The molecule has 0 aliphatic carbocycles. The van der Waals surface area contributed by atoms with E-state index in [1.807, 2.05) is 19.1 Å². The Hall–Kier alpha value is -0.790. The molecule has 0 radical (unpaired) electrons. The lowest BCUT2D eigenvalue weighted by atomic mass is 10.1. The van der Waals surface area contributed by atoms with Crippen molar-refractivity contribution in [2.24, 2.45) is 5.73 Å². The third-order valence-corrected chi connectivity index (χ3v) is 2.91. The Bertz CT molecular complexity index is 425. The molecule has 1 rings (SSSR count). The fourth-order valence-electron chi connectivity index (χ4n) is 1.54. The average Bonchev–Trinajstić information content (AvgIpc) is 2.33. The number of halogens is 4. The second-order valence-corrected chi connectivity index (χ2v) is 5.26. The predicted octanol–water partition coefficient (Wildman–Crippen LogP) is 3.82. The number of hydrogen-bond donors (Lipinski definition) is 1. The van der Waals surface area contributed by atoms with E-state index >= 15 is 0 Å². The molecule has 3 nitrogen and oxygen atoms in total. The first-order chi connectivity index (χ1) is 9.29. The molecule has 0 saturated carbocycles. The molecular weight excluding hydrogens is 339 g/mol. The summed E-state index contributed by atoms with van der Waals surface area (Å²) in [5.41, 5.74) is 6.68. The summed E-state index contributed by atoms with van der Waals surface area (Å²) in [7, 11) is 0. The Kier molecular flexibility index (Phi) is 6.78. The van der Waals surface area contributed by atoms with Crippen molar-refractivity contribution in [2.75, 3.05) is 19.8 Å². The van der Waals surface area contributed by atoms with Crippen LogP contribution in [0.4, 0.5) is 13.2 Å².